The highest BCUT2D eigenvalue weighted by atomic mass is 16.2. The fraction of sp³-hybridized carbons (Fsp3) is 0.300. The highest BCUT2D eigenvalue weighted by Crippen LogP contribution is 2.14. The van der Waals surface area contributed by atoms with E-state index < -0.39 is 0 Å². The maximum atomic E-state index is 12.4. The SMILES string of the molecule is Cc1cccc(NC(=O)NCc2cccc(C(=O)N3CCCC3)c2)c1. The molecule has 3 amide bonds. The van der Waals surface area contributed by atoms with Crippen LogP contribution < -0.4 is 10.6 Å². The van der Waals surface area contributed by atoms with E-state index in [0.717, 1.165) is 42.7 Å². The molecular weight excluding hydrogens is 314 g/mol. The summed E-state index contributed by atoms with van der Waals surface area (Å²) >= 11 is 0. The number of hydrogen-bond donors (Lipinski definition) is 2. The number of nitrogens with zero attached hydrogens (tertiary/aromatic N) is 1. The summed E-state index contributed by atoms with van der Waals surface area (Å²) in [6.07, 6.45) is 2.15. The summed E-state index contributed by atoms with van der Waals surface area (Å²) in [4.78, 5) is 26.4. The average Bonchev–Trinajstić information content (AvgIpc) is 3.14. The molecule has 0 radical (unpaired) electrons. The van der Waals surface area contributed by atoms with E-state index in [4.69, 9.17) is 0 Å². The number of carbonyl (C=O) groups is 2. The number of nitrogens with one attached hydrogen (secondary N) is 2. The monoisotopic (exact) mass is 337 g/mol. The molecule has 0 unspecified atom stereocenters. The van der Waals surface area contributed by atoms with E-state index in [2.05, 4.69) is 10.6 Å². The number of rotatable bonds is 4. The minimum Gasteiger partial charge on any atom is -0.339 e. The Bertz CT molecular complexity index is 767. The van der Waals surface area contributed by atoms with Gasteiger partial charge < -0.3 is 15.5 Å². The summed E-state index contributed by atoms with van der Waals surface area (Å²) < 4.78 is 0. The lowest BCUT2D eigenvalue weighted by atomic mass is 10.1. The van der Waals surface area contributed by atoms with E-state index in [1.165, 1.54) is 0 Å². The molecule has 0 spiro atoms. The number of hydrogen-bond acceptors (Lipinski definition) is 2. The molecule has 0 aromatic heterocycles. The van der Waals surface area contributed by atoms with Crippen LogP contribution in [0.5, 0.6) is 0 Å². The molecule has 5 nitrogen and oxygen atoms in total. The fourth-order valence-electron chi connectivity index (χ4n) is 3.00. The van der Waals surface area contributed by atoms with Gasteiger partial charge in [-0.1, -0.05) is 24.3 Å². The maximum Gasteiger partial charge on any atom is 0.319 e. The van der Waals surface area contributed by atoms with Crippen LogP contribution in [0.25, 0.3) is 0 Å². The maximum absolute atomic E-state index is 12.4. The van der Waals surface area contributed by atoms with Crippen molar-refractivity contribution < 1.29 is 9.59 Å². The van der Waals surface area contributed by atoms with E-state index in [9.17, 15) is 9.59 Å². The molecule has 5 heteroatoms. The predicted molar refractivity (Wildman–Crippen MR) is 98.6 cm³/mol. The first-order valence-corrected chi connectivity index (χ1v) is 8.61. The first kappa shape index (κ1) is 17.0. The molecule has 0 bridgehead atoms. The van der Waals surface area contributed by atoms with Gasteiger partial charge in [-0.2, -0.15) is 0 Å². The minimum absolute atomic E-state index is 0.0727. The number of aryl methyl sites for hydroxylation is 1. The molecule has 0 atom stereocenters. The van der Waals surface area contributed by atoms with Gasteiger partial charge >= 0.3 is 6.03 Å². The summed E-state index contributed by atoms with van der Waals surface area (Å²) in [6, 6.07) is 14.8. The molecule has 1 aliphatic rings. The van der Waals surface area contributed by atoms with Crippen molar-refractivity contribution in [3.63, 3.8) is 0 Å². The average molecular weight is 337 g/mol. The van der Waals surface area contributed by atoms with Gasteiger partial charge in [-0.05, 0) is 55.2 Å². The highest BCUT2D eigenvalue weighted by Gasteiger charge is 2.19. The lowest BCUT2D eigenvalue weighted by Crippen LogP contribution is -2.29. The number of carbonyl (C=O) groups excluding carboxylic acids is 2. The van der Waals surface area contributed by atoms with Gasteiger partial charge in [-0.15, -0.1) is 0 Å². The van der Waals surface area contributed by atoms with Crippen LogP contribution >= 0.6 is 0 Å². The van der Waals surface area contributed by atoms with Crippen molar-refractivity contribution in [2.24, 2.45) is 0 Å². The Morgan fingerprint density at radius 1 is 1.04 bits per heavy atom. The number of likely N-dealkylation sites (tertiary alicyclic amines) is 1. The lowest BCUT2D eigenvalue weighted by molar-refractivity contribution is 0.0792. The number of benzene rings is 2. The highest BCUT2D eigenvalue weighted by molar-refractivity contribution is 5.94. The van der Waals surface area contributed by atoms with Gasteiger partial charge in [0.1, 0.15) is 0 Å². The largest absolute Gasteiger partial charge is 0.339 e. The third-order valence-corrected chi connectivity index (χ3v) is 4.30. The van der Waals surface area contributed by atoms with E-state index in [1.54, 1.807) is 0 Å². The van der Waals surface area contributed by atoms with Gasteiger partial charge in [-0.3, -0.25) is 4.79 Å². The molecule has 2 N–H and O–H groups in total. The van der Waals surface area contributed by atoms with Gasteiger partial charge in [0.2, 0.25) is 0 Å². The summed E-state index contributed by atoms with van der Waals surface area (Å²) in [6.45, 7) is 4.02. The van der Waals surface area contributed by atoms with Gasteiger partial charge in [0.05, 0.1) is 0 Å². The summed E-state index contributed by atoms with van der Waals surface area (Å²) in [5.74, 6) is 0.0727. The molecule has 25 heavy (non-hydrogen) atoms. The smallest absolute Gasteiger partial charge is 0.319 e. The molecule has 2 aromatic carbocycles. The molecule has 0 saturated carbocycles. The summed E-state index contributed by atoms with van der Waals surface area (Å²) in [5.41, 5.74) is 3.44. The van der Waals surface area contributed by atoms with Crippen LogP contribution in [0.3, 0.4) is 0 Å². The number of anilines is 1. The first-order chi connectivity index (χ1) is 12.1. The normalized spacial score (nSPS) is 13.6. The second-order valence-corrected chi connectivity index (χ2v) is 6.38. The van der Waals surface area contributed by atoms with Crippen LogP contribution in [0.2, 0.25) is 0 Å². The van der Waals surface area contributed by atoms with Crippen molar-refractivity contribution in [3.8, 4) is 0 Å². The Morgan fingerprint density at radius 2 is 1.80 bits per heavy atom. The molecule has 0 aliphatic carbocycles. The van der Waals surface area contributed by atoms with Crippen molar-refractivity contribution in [3.05, 3.63) is 65.2 Å². The molecule has 1 saturated heterocycles. The number of urea groups is 1. The second-order valence-electron chi connectivity index (χ2n) is 6.38. The van der Waals surface area contributed by atoms with Gasteiger partial charge in [0.25, 0.3) is 5.91 Å². The Morgan fingerprint density at radius 3 is 2.56 bits per heavy atom. The standard InChI is InChI=1S/C20H23N3O2/c1-15-6-4-9-18(12-15)22-20(25)21-14-16-7-5-8-17(13-16)19(24)23-10-2-3-11-23/h4-9,12-13H,2-3,10-11,14H2,1H3,(H2,21,22,25). The fourth-order valence-corrected chi connectivity index (χ4v) is 3.00. The zero-order chi connectivity index (χ0) is 17.6. The van der Waals surface area contributed by atoms with Crippen LogP contribution in [0.15, 0.2) is 48.5 Å². The first-order valence-electron chi connectivity index (χ1n) is 8.61. The molecule has 1 aliphatic heterocycles. The van der Waals surface area contributed by atoms with Crippen molar-refractivity contribution in [2.75, 3.05) is 18.4 Å². The van der Waals surface area contributed by atoms with E-state index in [-0.39, 0.29) is 11.9 Å². The van der Waals surface area contributed by atoms with E-state index in [1.807, 2.05) is 60.4 Å². The zero-order valence-electron chi connectivity index (χ0n) is 14.4. The van der Waals surface area contributed by atoms with E-state index in [0.29, 0.717) is 12.1 Å². The summed E-state index contributed by atoms with van der Waals surface area (Å²) in [7, 11) is 0. The van der Waals surface area contributed by atoms with Crippen molar-refractivity contribution in [1.82, 2.24) is 10.2 Å². The molecular formula is C20H23N3O2. The summed E-state index contributed by atoms with van der Waals surface area (Å²) in [5, 5.41) is 5.64. The Balaban J connectivity index is 1.56. The zero-order valence-corrected chi connectivity index (χ0v) is 14.4. The third kappa shape index (κ3) is 4.59. The van der Waals surface area contributed by atoms with Gasteiger partial charge in [0.15, 0.2) is 0 Å². The Labute approximate surface area is 148 Å². The van der Waals surface area contributed by atoms with Crippen LogP contribution in [-0.4, -0.2) is 29.9 Å². The van der Waals surface area contributed by atoms with Gasteiger partial charge in [0, 0.05) is 30.9 Å². The van der Waals surface area contributed by atoms with Crippen molar-refractivity contribution in [1.29, 1.82) is 0 Å². The topological polar surface area (TPSA) is 61.4 Å². The molecule has 130 valence electrons. The number of amides is 3. The molecule has 3 rings (SSSR count). The Kier molecular flexibility index (Phi) is 5.33. The van der Waals surface area contributed by atoms with Crippen LogP contribution in [0, 0.1) is 6.92 Å². The predicted octanol–water partition coefficient (Wildman–Crippen LogP) is 3.55. The second kappa shape index (κ2) is 7.83. The third-order valence-electron chi connectivity index (χ3n) is 4.30. The van der Waals surface area contributed by atoms with E-state index >= 15 is 0 Å². The van der Waals surface area contributed by atoms with Crippen LogP contribution in [0.4, 0.5) is 10.5 Å². The lowest BCUT2D eigenvalue weighted by Gasteiger charge is -2.15. The van der Waals surface area contributed by atoms with Crippen LogP contribution in [-0.2, 0) is 6.54 Å². The molecule has 1 heterocycles. The van der Waals surface area contributed by atoms with Gasteiger partial charge in [-0.25, -0.2) is 4.79 Å². The van der Waals surface area contributed by atoms with Crippen molar-refractivity contribution in [2.45, 2.75) is 26.3 Å². The Hall–Kier alpha value is -2.82. The van der Waals surface area contributed by atoms with Crippen LogP contribution in [0.1, 0.15) is 34.3 Å². The van der Waals surface area contributed by atoms with Crippen molar-refractivity contribution >= 4 is 17.6 Å². The molecule has 2 aromatic rings. The minimum atomic E-state index is -0.262. The molecule has 1 fully saturated rings. The quantitative estimate of drug-likeness (QED) is 0.896.